The van der Waals surface area contributed by atoms with Crippen molar-refractivity contribution in [3.05, 3.63) is 48.5 Å². The Kier molecular flexibility index (Phi) is 3.99. The summed E-state index contributed by atoms with van der Waals surface area (Å²) < 4.78 is 25.3. The van der Waals surface area contributed by atoms with Gasteiger partial charge in [-0.1, -0.05) is 12.1 Å². The predicted octanol–water partition coefficient (Wildman–Crippen LogP) is 2.63. The van der Waals surface area contributed by atoms with Gasteiger partial charge < -0.3 is 10.2 Å². The van der Waals surface area contributed by atoms with Crippen LogP contribution in [0.4, 0.5) is 11.4 Å². The molecule has 0 spiro atoms. The van der Waals surface area contributed by atoms with Gasteiger partial charge in [0.2, 0.25) is 9.84 Å². The van der Waals surface area contributed by atoms with E-state index >= 15 is 0 Å². The van der Waals surface area contributed by atoms with Gasteiger partial charge >= 0.3 is 0 Å². The minimum Gasteiger partial charge on any atom is -0.387 e. The molecule has 20 heavy (non-hydrogen) atoms. The van der Waals surface area contributed by atoms with Gasteiger partial charge in [-0.05, 0) is 36.4 Å². The molecule has 0 aromatic heterocycles. The van der Waals surface area contributed by atoms with Gasteiger partial charge in [-0.2, -0.15) is 0 Å². The Morgan fingerprint density at radius 1 is 0.950 bits per heavy atom. The van der Waals surface area contributed by atoms with E-state index in [-0.39, 0.29) is 0 Å². The van der Waals surface area contributed by atoms with Gasteiger partial charge in [0.15, 0.2) is 0 Å². The molecule has 0 radical (unpaired) electrons. The Morgan fingerprint density at radius 2 is 1.55 bits per heavy atom. The van der Waals surface area contributed by atoms with Gasteiger partial charge in [0.05, 0.1) is 15.5 Å². The fraction of sp³-hybridized carbons (Fsp3) is 0.200. The number of anilines is 2. The third kappa shape index (κ3) is 2.63. The van der Waals surface area contributed by atoms with Crippen molar-refractivity contribution in [2.75, 3.05) is 31.4 Å². The van der Waals surface area contributed by atoms with E-state index in [2.05, 4.69) is 5.32 Å². The van der Waals surface area contributed by atoms with Gasteiger partial charge in [-0.15, -0.1) is 0 Å². The molecule has 106 valence electrons. The van der Waals surface area contributed by atoms with Crippen LogP contribution >= 0.6 is 0 Å². The Morgan fingerprint density at radius 3 is 2.10 bits per heavy atom. The highest BCUT2D eigenvalue weighted by molar-refractivity contribution is 7.91. The van der Waals surface area contributed by atoms with Crippen molar-refractivity contribution in [2.24, 2.45) is 0 Å². The molecule has 0 aliphatic heterocycles. The second-order valence-corrected chi connectivity index (χ2v) is 6.56. The predicted molar refractivity (Wildman–Crippen MR) is 82.2 cm³/mol. The largest absolute Gasteiger partial charge is 0.387 e. The molecule has 5 heteroatoms. The summed E-state index contributed by atoms with van der Waals surface area (Å²) in [6, 6.07) is 13.8. The number of benzene rings is 2. The van der Waals surface area contributed by atoms with Crippen molar-refractivity contribution in [2.45, 2.75) is 9.79 Å². The summed E-state index contributed by atoms with van der Waals surface area (Å²) in [6.07, 6.45) is 0. The first-order valence-electron chi connectivity index (χ1n) is 6.26. The average Bonchev–Trinajstić information content (AvgIpc) is 2.47. The van der Waals surface area contributed by atoms with Gasteiger partial charge in [0.1, 0.15) is 0 Å². The monoisotopic (exact) mass is 290 g/mol. The molecule has 2 aromatic carbocycles. The molecule has 0 saturated carbocycles. The third-order valence-corrected chi connectivity index (χ3v) is 4.94. The van der Waals surface area contributed by atoms with Crippen LogP contribution in [-0.4, -0.2) is 29.6 Å². The summed E-state index contributed by atoms with van der Waals surface area (Å²) in [6.45, 7) is 0. The Balaban J connectivity index is 2.49. The second kappa shape index (κ2) is 5.54. The lowest BCUT2D eigenvalue weighted by atomic mass is 10.3. The van der Waals surface area contributed by atoms with E-state index in [0.29, 0.717) is 15.5 Å². The molecule has 0 atom stereocenters. The van der Waals surface area contributed by atoms with E-state index in [9.17, 15) is 8.42 Å². The van der Waals surface area contributed by atoms with E-state index in [1.165, 1.54) is 0 Å². The van der Waals surface area contributed by atoms with Crippen LogP contribution in [0.3, 0.4) is 0 Å². The molecule has 0 unspecified atom stereocenters. The zero-order chi connectivity index (χ0) is 14.8. The first-order valence-corrected chi connectivity index (χ1v) is 7.74. The zero-order valence-electron chi connectivity index (χ0n) is 11.8. The maximum Gasteiger partial charge on any atom is 0.208 e. The van der Waals surface area contributed by atoms with Gasteiger partial charge in [-0.25, -0.2) is 8.42 Å². The highest BCUT2D eigenvalue weighted by Crippen LogP contribution is 2.28. The van der Waals surface area contributed by atoms with Gasteiger partial charge in [0.25, 0.3) is 0 Å². The van der Waals surface area contributed by atoms with Crippen LogP contribution in [0.25, 0.3) is 0 Å². The highest BCUT2D eigenvalue weighted by atomic mass is 32.2. The topological polar surface area (TPSA) is 49.4 Å². The van der Waals surface area contributed by atoms with Crippen molar-refractivity contribution in [1.29, 1.82) is 0 Å². The van der Waals surface area contributed by atoms with Crippen LogP contribution in [0.1, 0.15) is 0 Å². The SMILES string of the molecule is CNc1ccccc1S(=O)(=O)c1ccc(N(C)C)cc1. The fourth-order valence-electron chi connectivity index (χ4n) is 1.96. The molecule has 0 bridgehead atoms. The molecule has 0 aliphatic carbocycles. The maximum atomic E-state index is 12.6. The van der Waals surface area contributed by atoms with Crippen LogP contribution in [0.2, 0.25) is 0 Å². The average molecular weight is 290 g/mol. The van der Waals surface area contributed by atoms with Crippen LogP contribution < -0.4 is 10.2 Å². The van der Waals surface area contributed by atoms with Crippen LogP contribution in [0, 0.1) is 0 Å². The Hall–Kier alpha value is -2.01. The van der Waals surface area contributed by atoms with Crippen LogP contribution in [0.15, 0.2) is 58.3 Å². The summed E-state index contributed by atoms with van der Waals surface area (Å²) in [5.41, 5.74) is 1.56. The molecule has 4 nitrogen and oxygen atoms in total. The number of nitrogens with one attached hydrogen (secondary N) is 1. The second-order valence-electron chi connectivity index (χ2n) is 4.64. The van der Waals surface area contributed by atoms with Crippen molar-refractivity contribution in [1.82, 2.24) is 0 Å². The summed E-state index contributed by atoms with van der Waals surface area (Å²) in [5, 5.41) is 2.91. The van der Waals surface area contributed by atoms with E-state index in [0.717, 1.165) is 5.69 Å². The van der Waals surface area contributed by atoms with Crippen LogP contribution in [0.5, 0.6) is 0 Å². The number of para-hydroxylation sites is 1. The fourth-order valence-corrected chi connectivity index (χ4v) is 3.42. The first kappa shape index (κ1) is 14.4. The highest BCUT2D eigenvalue weighted by Gasteiger charge is 2.20. The zero-order valence-corrected chi connectivity index (χ0v) is 12.6. The molecule has 0 saturated heterocycles. The number of hydrogen-bond donors (Lipinski definition) is 1. The smallest absolute Gasteiger partial charge is 0.208 e. The molecule has 0 heterocycles. The maximum absolute atomic E-state index is 12.6. The van der Waals surface area contributed by atoms with Crippen molar-refractivity contribution in [3.8, 4) is 0 Å². The van der Waals surface area contributed by atoms with Crippen molar-refractivity contribution >= 4 is 21.2 Å². The molecule has 2 aromatic rings. The number of sulfone groups is 1. The Labute approximate surface area is 120 Å². The van der Waals surface area contributed by atoms with Crippen LogP contribution in [-0.2, 0) is 9.84 Å². The summed E-state index contributed by atoms with van der Waals surface area (Å²) >= 11 is 0. The number of nitrogens with zero attached hydrogens (tertiary/aromatic N) is 1. The Bertz CT molecular complexity index is 692. The first-order chi connectivity index (χ1) is 9.46. The van der Waals surface area contributed by atoms with E-state index in [1.54, 1.807) is 55.6 Å². The minimum atomic E-state index is -3.51. The summed E-state index contributed by atoms with van der Waals surface area (Å²) in [4.78, 5) is 2.52. The third-order valence-electron chi connectivity index (χ3n) is 3.11. The molecular weight excluding hydrogens is 272 g/mol. The van der Waals surface area contributed by atoms with E-state index in [1.807, 2.05) is 19.0 Å². The summed E-state index contributed by atoms with van der Waals surface area (Å²) in [5.74, 6) is 0. The van der Waals surface area contributed by atoms with Gasteiger partial charge in [-0.3, -0.25) is 0 Å². The minimum absolute atomic E-state index is 0.292. The quantitative estimate of drug-likeness (QED) is 0.940. The number of hydrogen-bond acceptors (Lipinski definition) is 4. The molecule has 1 N–H and O–H groups in total. The normalized spacial score (nSPS) is 11.2. The van der Waals surface area contributed by atoms with Crippen molar-refractivity contribution < 1.29 is 8.42 Å². The lowest BCUT2D eigenvalue weighted by Crippen LogP contribution is -2.09. The molecular formula is C15H18N2O2S. The van der Waals surface area contributed by atoms with E-state index < -0.39 is 9.84 Å². The standard InChI is InChI=1S/C15H18N2O2S/c1-16-14-6-4-5-7-15(14)20(18,19)13-10-8-12(9-11-13)17(2)3/h4-11,16H,1-3H3. The molecule has 0 fully saturated rings. The lowest BCUT2D eigenvalue weighted by molar-refractivity contribution is 0.596. The summed E-state index contributed by atoms with van der Waals surface area (Å²) in [7, 11) is 2.04. The molecule has 0 aliphatic rings. The van der Waals surface area contributed by atoms with Gasteiger partial charge in [0, 0.05) is 26.8 Å². The molecule has 0 amide bonds. The molecule has 2 rings (SSSR count). The van der Waals surface area contributed by atoms with E-state index in [4.69, 9.17) is 0 Å². The number of rotatable bonds is 4. The van der Waals surface area contributed by atoms with Crippen molar-refractivity contribution in [3.63, 3.8) is 0 Å². The lowest BCUT2D eigenvalue weighted by Gasteiger charge is -2.14.